The lowest BCUT2D eigenvalue weighted by Crippen LogP contribution is -2.46. The van der Waals surface area contributed by atoms with E-state index in [1.165, 1.54) is 0 Å². The highest BCUT2D eigenvalue weighted by Crippen LogP contribution is 2.18. The highest BCUT2D eigenvalue weighted by atomic mass is 16.5. The number of hydrogen-bond donors (Lipinski definition) is 2. The smallest absolute Gasteiger partial charge is 0.318 e. The molecule has 3 rings (SSSR count). The summed E-state index contributed by atoms with van der Waals surface area (Å²) < 4.78 is 5.63. The Hall–Kier alpha value is -1.66. The summed E-state index contributed by atoms with van der Waals surface area (Å²) in [5.41, 5.74) is 0.904. The van der Waals surface area contributed by atoms with E-state index in [4.69, 9.17) is 4.74 Å². The van der Waals surface area contributed by atoms with Crippen molar-refractivity contribution in [2.45, 2.75) is 12.1 Å². The Morgan fingerprint density at radius 3 is 3.16 bits per heavy atom. The van der Waals surface area contributed by atoms with Crippen LogP contribution in [0, 0.1) is 0 Å². The molecule has 19 heavy (non-hydrogen) atoms. The van der Waals surface area contributed by atoms with Crippen molar-refractivity contribution in [3.05, 3.63) is 30.1 Å². The number of aromatic nitrogens is 1. The number of morpholine rings is 1. The zero-order chi connectivity index (χ0) is 13.1. The van der Waals surface area contributed by atoms with Gasteiger partial charge in [-0.2, -0.15) is 0 Å². The summed E-state index contributed by atoms with van der Waals surface area (Å²) in [6, 6.07) is 5.69. The number of amides is 2. The van der Waals surface area contributed by atoms with E-state index >= 15 is 0 Å². The number of rotatable bonds is 3. The molecule has 2 amide bonds. The first-order valence-electron chi connectivity index (χ1n) is 6.61. The minimum atomic E-state index is -0.0372. The lowest BCUT2D eigenvalue weighted by molar-refractivity contribution is 0.0145. The highest BCUT2D eigenvalue weighted by Gasteiger charge is 2.32. The van der Waals surface area contributed by atoms with Gasteiger partial charge in [0.1, 0.15) is 0 Å². The molecule has 6 heteroatoms. The Balaban J connectivity index is 1.60. The molecule has 0 radical (unpaired) electrons. The van der Waals surface area contributed by atoms with Gasteiger partial charge >= 0.3 is 6.03 Å². The predicted molar refractivity (Wildman–Crippen MR) is 69.7 cm³/mol. The molecule has 2 atom stereocenters. The third-order valence-electron chi connectivity index (χ3n) is 3.46. The monoisotopic (exact) mass is 262 g/mol. The summed E-state index contributed by atoms with van der Waals surface area (Å²) in [6.07, 6.45) is 1.83. The summed E-state index contributed by atoms with van der Waals surface area (Å²) in [4.78, 5) is 18.0. The molecule has 3 heterocycles. The van der Waals surface area contributed by atoms with Crippen LogP contribution in [-0.4, -0.2) is 54.8 Å². The average Bonchev–Trinajstić information content (AvgIpc) is 2.82. The Morgan fingerprint density at radius 1 is 1.47 bits per heavy atom. The maximum absolute atomic E-state index is 11.9. The molecule has 0 aromatic carbocycles. The van der Waals surface area contributed by atoms with E-state index in [2.05, 4.69) is 15.6 Å². The SMILES string of the molecule is O=C1NC(c2ccccn2)CN1CC1CNCCO1. The molecule has 0 spiro atoms. The first-order chi connectivity index (χ1) is 9.33. The Morgan fingerprint density at radius 2 is 2.42 bits per heavy atom. The normalized spacial score (nSPS) is 27.4. The summed E-state index contributed by atoms with van der Waals surface area (Å²) in [6.45, 7) is 3.68. The molecular weight excluding hydrogens is 244 g/mol. The predicted octanol–water partition coefficient (Wildman–Crippen LogP) is 0.136. The van der Waals surface area contributed by atoms with Crippen molar-refractivity contribution in [3.63, 3.8) is 0 Å². The van der Waals surface area contributed by atoms with Gasteiger partial charge in [0.05, 0.1) is 24.4 Å². The first kappa shape index (κ1) is 12.4. The van der Waals surface area contributed by atoms with Crippen LogP contribution >= 0.6 is 0 Å². The number of pyridine rings is 1. The van der Waals surface area contributed by atoms with Gasteiger partial charge in [-0.25, -0.2) is 4.79 Å². The minimum absolute atomic E-state index is 0.0229. The quantitative estimate of drug-likeness (QED) is 0.813. The summed E-state index contributed by atoms with van der Waals surface area (Å²) in [7, 11) is 0. The zero-order valence-corrected chi connectivity index (χ0v) is 10.7. The standard InChI is InChI=1S/C13H18N4O2/c18-13-16-12(11-3-1-2-4-15-11)9-17(13)8-10-7-14-5-6-19-10/h1-4,10,12,14H,5-9H2,(H,16,18). The van der Waals surface area contributed by atoms with E-state index < -0.39 is 0 Å². The summed E-state index contributed by atoms with van der Waals surface area (Å²) in [5.74, 6) is 0. The van der Waals surface area contributed by atoms with Crippen LogP contribution in [0.1, 0.15) is 11.7 Å². The van der Waals surface area contributed by atoms with Crippen LogP contribution in [0.3, 0.4) is 0 Å². The van der Waals surface area contributed by atoms with E-state index in [0.717, 1.165) is 18.8 Å². The van der Waals surface area contributed by atoms with Gasteiger partial charge in [0.25, 0.3) is 0 Å². The second kappa shape index (κ2) is 5.54. The first-order valence-corrected chi connectivity index (χ1v) is 6.61. The minimum Gasteiger partial charge on any atom is -0.374 e. The van der Waals surface area contributed by atoms with Crippen LogP contribution in [-0.2, 0) is 4.74 Å². The second-order valence-corrected chi connectivity index (χ2v) is 4.86. The third-order valence-corrected chi connectivity index (χ3v) is 3.46. The molecule has 102 valence electrons. The van der Waals surface area contributed by atoms with Gasteiger partial charge in [-0.05, 0) is 12.1 Å². The molecule has 1 aromatic heterocycles. The lowest BCUT2D eigenvalue weighted by Gasteiger charge is -2.27. The second-order valence-electron chi connectivity index (χ2n) is 4.86. The van der Waals surface area contributed by atoms with Crippen molar-refractivity contribution in [2.75, 3.05) is 32.8 Å². The molecule has 2 N–H and O–H groups in total. The average molecular weight is 262 g/mol. The van der Waals surface area contributed by atoms with Crippen LogP contribution in [0.15, 0.2) is 24.4 Å². The van der Waals surface area contributed by atoms with Crippen molar-refractivity contribution < 1.29 is 9.53 Å². The lowest BCUT2D eigenvalue weighted by atomic mass is 10.2. The maximum atomic E-state index is 11.9. The summed E-state index contributed by atoms with van der Waals surface area (Å²) in [5, 5.41) is 6.23. The van der Waals surface area contributed by atoms with Crippen LogP contribution in [0.4, 0.5) is 4.79 Å². The van der Waals surface area contributed by atoms with E-state index in [1.807, 2.05) is 18.2 Å². The van der Waals surface area contributed by atoms with Crippen LogP contribution < -0.4 is 10.6 Å². The maximum Gasteiger partial charge on any atom is 0.318 e. The zero-order valence-electron chi connectivity index (χ0n) is 10.7. The fourth-order valence-electron chi connectivity index (χ4n) is 2.48. The Kier molecular flexibility index (Phi) is 3.61. The van der Waals surface area contributed by atoms with Gasteiger partial charge in [0.15, 0.2) is 0 Å². The molecule has 2 fully saturated rings. The van der Waals surface area contributed by atoms with Crippen molar-refractivity contribution in [1.29, 1.82) is 0 Å². The molecule has 6 nitrogen and oxygen atoms in total. The molecule has 0 bridgehead atoms. The van der Waals surface area contributed by atoms with Gasteiger partial charge < -0.3 is 20.3 Å². The third kappa shape index (κ3) is 2.85. The van der Waals surface area contributed by atoms with Crippen LogP contribution in [0.5, 0.6) is 0 Å². The fraction of sp³-hybridized carbons (Fsp3) is 0.538. The largest absolute Gasteiger partial charge is 0.374 e. The molecule has 2 aliphatic rings. The Labute approximate surface area is 112 Å². The van der Waals surface area contributed by atoms with E-state index in [0.29, 0.717) is 19.7 Å². The number of nitrogens with zero attached hydrogens (tertiary/aromatic N) is 2. The fourth-order valence-corrected chi connectivity index (χ4v) is 2.48. The van der Waals surface area contributed by atoms with Crippen molar-refractivity contribution in [3.8, 4) is 0 Å². The van der Waals surface area contributed by atoms with Crippen molar-refractivity contribution in [1.82, 2.24) is 20.5 Å². The number of carbonyl (C=O) groups excluding carboxylic acids is 1. The van der Waals surface area contributed by atoms with E-state index in [1.54, 1.807) is 11.1 Å². The molecule has 2 saturated heterocycles. The number of hydrogen-bond acceptors (Lipinski definition) is 4. The van der Waals surface area contributed by atoms with Gasteiger partial charge in [0, 0.05) is 32.4 Å². The van der Waals surface area contributed by atoms with Crippen molar-refractivity contribution >= 4 is 6.03 Å². The number of urea groups is 1. The van der Waals surface area contributed by atoms with Gasteiger partial charge in [0.2, 0.25) is 0 Å². The molecular formula is C13H18N4O2. The Bertz CT molecular complexity index is 434. The van der Waals surface area contributed by atoms with Crippen LogP contribution in [0.25, 0.3) is 0 Å². The number of carbonyl (C=O) groups is 1. The highest BCUT2D eigenvalue weighted by molar-refractivity contribution is 5.77. The number of ether oxygens (including phenoxy) is 1. The number of nitrogens with one attached hydrogen (secondary N) is 2. The van der Waals surface area contributed by atoms with Crippen LogP contribution in [0.2, 0.25) is 0 Å². The van der Waals surface area contributed by atoms with E-state index in [9.17, 15) is 4.79 Å². The topological polar surface area (TPSA) is 66.5 Å². The summed E-state index contributed by atoms with van der Waals surface area (Å²) >= 11 is 0. The molecule has 2 aliphatic heterocycles. The molecule has 0 aliphatic carbocycles. The van der Waals surface area contributed by atoms with Gasteiger partial charge in [-0.1, -0.05) is 6.07 Å². The molecule has 1 aromatic rings. The van der Waals surface area contributed by atoms with E-state index in [-0.39, 0.29) is 18.2 Å². The molecule has 2 unspecified atom stereocenters. The molecule has 0 saturated carbocycles. The van der Waals surface area contributed by atoms with Gasteiger partial charge in [-0.3, -0.25) is 4.98 Å². The van der Waals surface area contributed by atoms with Gasteiger partial charge in [-0.15, -0.1) is 0 Å². The van der Waals surface area contributed by atoms with Crippen molar-refractivity contribution in [2.24, 2.45) is 0 Å².